The third-order valence-electron chi connectivity index (χ3n) is 5.39. The molecule has 2 aromatic carbocycles. The molecule has 174 valence electrons. The number of rotatable bonds is 11. The molecule has 0 radical (unpaired) electrons. The van der Waals surface area contributed by atoms with Gasteiger partial charge in [0.25, 0.3) is 5.91 Å². The molecule has 0 saturated carbocycles. The number of aryl methyl sites for hydroxylation is 1. The molecule has 0 aliphatic heterocycles. The molecule has 2 aromatic rings. The molecule has 0 unspecified atom stereocenters. The van der Waals surface area contributed by atoms with Gasteiger partial charge in [0.1, 0.15) is 17.5 Å². The van der Waals surface area contributed by atoms with E-state index in [1.807, 2.05) is 52.0 Å². The van der Waals surface area contributed by atoms with Crippen molar-refractivity contribution in [2.45, 2.75) is 59.2 Å². The summed E-state index contributed by atoms with van der Waals surface area (Å²) in [5.74, 6) is 0.863. The monoisotopic (exact) mass is 460 g/mol. The SMILES string of the molecule is CC[C@H](C(=O)N[C@@H](C)CC)N(Cc1ccc(OC)cc1)C(=O)COc1ccc(Cl)c(C)c1. The van der Waals surface area contributed by atoms with Crippen molar-refractivity contribution >= 4 is 23.4 Å². The third-order valence-corrected chi connectivity index (χ3v) is 5.81. The summed E-state index contributed by atoms with van der Waals surface area (Å²) < 4.78 is 10.9. The van der Waals surface area contributed by atoms with Crippen LogP contribution in [0.4, 0.5) is 0 Å². The quantitative estimate of drug-likeness (QED) is 0.525. The maximum absolute atomic E-state index is 13.2. The number of amides is 2. The van der Waals surface area contributed by atoms with Gasteiger partial charge >= 0.3 is 0 Å². The average molecular weight is 461 g/mol. The van der Waals surface area contributed by atoms with Gasteiger partial charge in [0.15, 0.2) is 6.61 Å². The molecule has 1 N–H and O–H groups in total. The second-order valence-electron chi connectivity index (χ2n) is 7.81. The Morgan fingerprint density at radius 1 is 1.06 bits per heavy atom. The number of carbonyl (C=O) groups excluding carboxylic acids is 2. The first-order valence-corrected chi connectivity index (χ1v) is 11.3. The Kier molecular flexibility index (Phi) is 9.85. The minimum atomic E-state index is -0.603. The smallest absolute Gasteiger partial charge is 0.261 e. The summed E-state index contributed by atoms with van der Waals surface area (Å²) in [7, 11) is 1.60. The molecule has 32 heavy (non-hydrogen) atoms. The molecular formula is C25H33ClN2O4. The fraction of sp³-hybridized carbons (Fsp3) is 0.440. The Labute approximate surface area is 195 Å². The standard InChI is InChI=1S/C25H33ClN2O4/c1-6-18(4)27-25(30)23(7-2)28(15-19-8-10-20(31-5)11-9-19)24(29)16-32-21-12-13-22(26)17(3)14-21/h8-14,18,23H,6-7,15-16H2,1-5H3,(H,27,30)/t18-,23+/m0/s1. The molecule has 2 rings (SSSR count). The van der Waals surface area contributed by atoms with E-state index in [0.29, 0.717) is 17.2 Å². The molecular weight excluding hydrogens is 428 g/mol. The van der Waals surface area contributed by atoms with E-state index in [9.17, 15) is 9.59 Å². The Balaban J connectivity index is 2.22. The molecule has 0 aliphatic carbocycles. The zero-order valence-corrected chi connectivity index (χ0v) is 20.2. The van der Waals surface area contributed by atoms with Crippen molar-refractivity contribution in [2.24, 2.45) is 0 Å². The molecule has 0 fully saturated rings. The summed E-state index contributed by atoms with van der Waals surface area (Å²) in [5, 5.41) is 3.64. The fourth-order valence-corrected chi connectivity index (χ4v) is 3.34. The molecule has 0 heterocycles. The Morgan fingerprint density at radius 2 is 1.72 bits per heavy atom. The zero-order valence-electron chi connectivity index (χ0n) is 19.5. The third kappa shape index (κ3) is 7.16. The van der Waals surface area contributed by atoms with Gasteiger partial charge in [-0.25, -0.2) is 0 Å². The van der Waals surface area contributed by atoms with Crippen molar-refractivity contribution in [3.63, 3.8) is 0 Å². The van der Waals surface area contributed by atoms with Crippen LogP contribution in [0.25, 0.3) is 0 Å². The molecule has 2 atom stereocenters. The van der Waals surface area contributed by atoms with Crippen molar-refractivity contribution < 1.29 is 19.1 Å². The lowest BCUT2D eigenvalue weighted by molar-refractivity contribution is -0.143. The highest BCUT2D eigenvalue weighted by molar-refractivity contribution is 6.31. The van der Waals surface area contributed by atoms with E-state index >= 15 is 0 Å². The van der Waals surface area contributed by atoms with Crippen LogP contribution in [0.1, 0.15) is 44.7 Å². The highest BCUT2D eigenvalue weighted by atomic mass is 35.5. The van der Waals surface area contributed by atoms with Crippen LogP contribution in [0.3, 0.4) is 0 Å². The summed E-state index contributed by atoms with van der Waals surface area (Å²) in [6.07, 6.45) is 1.30. The fourth-order valence-electron chi connectivity index (χ4n) is 3.22. The molecule has 6 nitrogen and oxygen atoms in total. The van der Waals surface area contributed by atoms with Crippen LogP contribution in [0.15, 0.2) is 42.5 Å². The number of nitrogens with zero attached hydrogens (tertiary/aromatic N) is 1. The van der Waals surface area contributed by atoms with Gasteiger partial charge in [-0.1, -0.05) is 37.6 Å². The number of hydrogen-bond donors (Lipinski definition) is 1. The topological polar surface area (TPSA) is 67.9 Å². The van der Waals surface area contributed by atoms with E-state index in [2.05, 4.69) is 5.32 Å². The lowest BCUT2D eigenvalue weighted by atomic mass is 10.1. The first-order valence-electron chi connectivity index (χ1n) is 10.9. The minimum absolute atomic E-state index is 0.0304. The van der Waals surface area contributed by atoms with Gasteiger partial charge in [0.05, 0.1) is 7.11 Å². The summed E-state index contributed by atoms with van der Waals surface area (Å²) in [4.78, 5) is 27.8. The molecule has 0 aromatic heterocycles. The van der Waals surface area contributed by atoms with Crippen molar-refractivity contribution in [3.05, 3.63) is 58.6 Å². The van der Waals surface area contributed by atoms with Gasteiger partial charge in [-0.15, -0.1) is 0 Å². The van der Waals surface area contributed by atoms with Gasteiger partial charge < -0.3 is 19.7 Å². The first-order chi connectivity index (χ1) is 15.3. The summed E-state index contributed by atoms with van der Waals surface area (Å²) >= 11 is 6.07. The van der Waals surface area contributed by atoms with Crippen LogP contribution in [-0.2, 0) is 16.1 Å². The van der Waals surface area contributed by atoms with Crippen molar-refractivity contribution in [2.75, 3.05) is 13.7 Å². The normalized spacial score (nSPS) is 12.6. The van der Waals surface area contributed by atoms with E-state index in [-0.39, 0.29) is 31.0 Å². The van der Waals surface area contributed by atoms with Crippen LogP contribution >= 0.6 is 11.6 Å². The number of ether oxygens (including phenoxy) is 2. The maximum Gasteiger partial charge on any atom is 0.261 e. The highest BCUT2D eigenvalue weighted by Crippen LogP contribution is 2.22. The molecule has 7 heteroatoms. The first kappa shape index (κ1) is 25.5. The van der Waals surface area contributed by atoms with Gasteiger partial charge in [0.2, 0.25) is 5.91 Å². The Morgan fingerprint density at radius 3 is 2.28 bits per heavy atom. The minimum Gasteiger partial charge on any atom is -0.497 e. The zero-order chi connectivity index (χ0) is 23.7. The van der Waals surface area contributed by atoms with Gasteiger partial charge in [0, 0.05) is 17.6 Å². The van der Waals surface area contributed by atoms with Gasteiger partial charge in [-0.3, -0.25) is 9.59 Å². The summed E-state index contributed by atoms with van der Waals surface area (Å²) in [5.41, 5.74) is 1.77. The second kappa shape index (κ2) is 12.3. The van der Waals surface area contributed by atoms with Gasteiger partial charge in [-0.2, -0.15) is 0 Å². The number of carbonyl (C=O) groups is 2. The predicted molar refractivity (Wildman–Crippen MR) is 127 cm³/mol. The summed E-state index contributed by atoms with van der Waals surface area (Å²) in [6.45, 7) is 7.85. The van der Waals surface area contributed by atoms with Crippen molar-refractivity contribution in [3.8, 4) is 11.5 Å². The highest BCUT2D eigenvalue weighted by Gasteiger charge is 2.29. The van der Waals surface area contributed by atoms with Gasteiger partial charge in [-0.05, 0) is 68.1 Å². The van der Waals surface area contributed by atoms with Crippen LogP contribution in [0.5, 0.6) is 11.5 Å². The number of halogens is 1. The lowest BCUT2D eigenvalue weighted by Gasteiger charge is -2.31. The maximum atomic E-state index is 13.2. The summed E-state index contributed by atoms with van der Waals surface area (Å²) in [6, 6.07) is 12.1. The Bertz CT molecular complexity index is 901. The van der Waals surface area contributed by atoms with Crippen LogP contribution in [-0.4, -0.2) is 42.5 Å². The second-order valence-corrected chi connectivity index (χ2v) is 8.22. The molecule has 0 spiro atoms. The van der Waals surface area contributed by atoms with E-state index in [0.717, 1.165) is 23.3 Å². The molecule has 0 bridgehead atoms. The predicted octanol–water partition coefficient (Wildman–Crippen LogP) is 4.76. The largest absolute Gasteiger partial charge is 0.497 e. The number of nitrogens with one attached hydrogen (secondary N) is 1. The van der Waals surface area contributed by atoms with Crippen molar-refractivity contribution in [1.29, 1.82) is 0 Å². The van der Waals surface area contributed by atoms with E-state index in [1.54, 1.807) is 30.2 Å². The van der Waals surface area contributed by atoms with E-state index in [1.165, 1.54) is 0 Å². The number of benzene rings is 2. The lowest BCUT2D eigenvalue weighted by Crippen LogP contribution is -2.51. The van der Waals surface area contributed by atoms with Crippen LogP contribution in [0, 0.1) is 6.92 Å². The van der Waals surface area contributed by atoms with E-state index in [4.69, 9.17) is 21.1 Å². The Hall–Kier alpha value is -2.73. The molecule has 2 amide bonds. The number of hydrogen-bond acceptors (Lipinski definition) is 4. The van der Waals surface area contributed by atoms with E-state index < -0.39 is 6.04 Å². The average Bonchev–Trinajstić information content (AvgIpc) is 2.79. The molecule has 0 saturated heterocycles. The van der Waals surface area contributed by atoms with Crippen LogP contribution < -0.4 is 14.8 Å². The molecule has 0 aliphatic rings. The van der Waals surface area contributed by atoms with Crippen molar-refractivity contribution in [1.82, 2.24) is 10.2 Å². The number of methoxy groups -OCH3 is 1. The van der Waals surface area contributed by atoms with Crippen LogP contribution in [0.2, 0.25) is 5.02 Å².